The number of ketones is 1. The molecule has 6 nitrogen and oxygen atoms in total. The van der Waals surface area contributed by atoms with Crippen LogP contribution in [0.3, 0.4) is 0 Å². The Morgan fingerprint density at radius 2 is 1.88 bits per heavy atom. The van der Waals surface area contributed by atoms with Crippen LogP contribution in [0.5, 0.6) is 0 Å². The van der Waals surface area contributed by atoms with E-state index in [1.807, 2.05) is 0 Å². The van der Waals surface area contributed by atoms with Crippen LogP contribution in [0.2, 0.25) is 5.02 Å². The molecule has 0 atom stereocenters. The molecule has 0 bridgehead atoms. The molecule has 0 saturated carbocycles. The van der Waals surface area contributed by atoms with E-state index in [2.05, 4.69) is 5.32 Å². The molecule has 3 aromatic rings. The third-order valence-corrected chi connectivity index (χ3v) is 4.00. The van der Waals surface area contributed by atoms with Gasteiger partial charge in [0.15, 0.2) is 11.4 Å². The van der Waals surface area contributed by atoms with Crippen LogP contribution in [-0.4, -0.2) is 16.3 Å². The predicted octanol–water partition coefficient (Wildman–Crippen LogP) is 3.48. The molecule has 0 aliphatic rings. The van der Waals surface area contributed by atoms with E-state index in [0.717, 1.165) is 0 Å². The molecule has 128 valence electrons. The van der Waals surface area contributed by atoms with Crippen molar-refractivity contribution in [2.24, 2.45) is 0 Å². The molecule has 0 spiro atoms. The number of rotatable bonds is 5. The first-order chi connectivity index (χ1) is 11.9. The molecule has 0 unspecified atom stereocenters. The fraction of sp³-hybridized carbons (Fsp3) is 0.167. The number of carbonyl (C=O) groups is 2. The minimum absolute atomic E-state index is 0.0391. The van der Waals surface area contributed by atoms with Crippen LogP contribution in [0.4, 0.5) is 5.69 Å². The van der Waals surface area contributed by atoms with Gasteiger partial charge in [0.05, 0.1) is 5.52 Å². The lowest BCUT2D eigenvalue weighted by atomic mass is 10.1. The molecule has 0 aliphatic heterocycles. The molecule has 1 amide bonds. The number of oxazole rings is 1. The molecule has 2 aromatic carbocycles. The maximum Gasteiger partial charge on any atom is 0.419 e. The summed E-state index contributed by atoms with van der Waals surface area (Å²) in [7, 11) is 0. The van der Waals surface area contributed by atoms with Gasteiger partial charge < -0.3 is 9.73 Å². The molecule has 0 radical (unpaired) electrons. The third-order valence-electron chi connectivity index (χ3n) is 3.77. The van der Waals surface area contributed by atoms with Gasteiger partial charge in [-0.1, -0.05) is 11.6 Å². The number of halogens is 1. The smallest absolute Gasteiger partial charge is 0.408 e. The summed E-state index contributed by atoms with van der Waals surface area (Å²) in [5, 5.41) is 3.21. The molecule has 1 heterocycles. The predicted molar refractivity (Wildman–Crippen MR) is 95.2 cm³/mol. The number of Topliss-reactive ketones (excluding diaryl/α,β-unsaturated/α-hetero) is 1. The van der Waals surface area contributed by atoms with Crippen LogP contribution in [0, 0.1) is 0 Å². The molecule has 25 heavy (non-hydrogen) atoms. The van der Waals surface area contributed by atoms with Crippen molar-refractivity contribution in [3.63, 3.8) is 0 Å². The number of anilines is 1. The number of nitrogens with zero attached hydrogens (tertiary/aromatic N) is 1. The Hall–Kier alpha value is -2.86. The highest BCUT2D eigenvalue weighted by Gasteiger charge is 2.11. The quantitative estimate of drug-likeness (QED) is 0.708. The van der Waals surface area contributed by atoms with Gasteiger partial charge in [-0.05, 0) is 49.4 Å². The maximum atomic E-state index is 12.1. The SMILES string of the molecule is CC(=O)c1ccc(NC(=O)CCn2c(=O)oc3ccc(Cl)cc32)cc1. The van der Waals surface area contributed by atoms with E-state index in [9.17, 15) is 14.4 Å². The van der Waals surface area contributed by atoms with E-state index in [1.54, 1.807) is 42.5 Å². The van der Waals surface area contributed by atoms with Crippen LogP contribution >= 0.6 is 11.6 Å². The van der Waals surface area contributed by atoms with Crippen molar-refractivity contribution in [2.75, 3.05) is 5.32 Å². The third kappa shape index (κ3) is 3.80. The zero-order valence-corrected chi connectivity index (χ0v) is 14.2. The summed E-state index contributed by atoms with van der Waals surface area (Å²) in [6.07, 6.45) is 0.0928. The van der Waals surface area contributed by atoms with Crippen LogP contribution in [-0.2, 0) is 11.3 Å². The first kappa shape index (κ1) is 17.0. The fourth-order valence-corrected chi connectivity index (χ4v) is 2.64. The van der Waals surface area contributed by atoms with Gasteiger partial charge in [-0.15, -0.1) is 0 Å². The zero-order valence-electron chi connectivity index (χ0n) is 13.4. The van der Waals surface area contributed by atoms with Gasteiger partial charge in [-0.2, -0.15) is 0 Å². The lowest BCUT2D eigenvalue weighted by molar-refractivity contribution is -0.116. The second kappa shape index (κ2) is 6.94. The molecule has 7 heteroatoms. The fourth-order valence-electron chi connectivity index (χ4n) is 2.47. The number of aromatic nitrogens is 1. The number of aryl methyl sites for hydroxylation is 1. The Labute approximate surface area is 148 Å². The Kier molecular flexibility index (Phi) is 4.72. The molecule has 3 rings (SSSR count). The van der Waals surface area contributed by atoms with E-state index < -0.39 is 5.76 Å². The van der Waals surface area contributed by atoms with Crippen molar-refractivity contribution in [1.82, 2.24) is 4.57 Å². The van der Waals surface area contributed by atoms with Crippen LogP contribution in [0.25, 0.3) is 11.1 Å². The highest BCUT2D eigenvalue weighted by molar-refractivity contribution is 6.31. The van der Waals surface area contributed by atoms with Crippen molar-refractivity contribution in [3.8, 4) is 0 Å². The van der Waals surface area contributed by atoms with Gasteiger partial charge >= 0.3 is 5.76 Å². The number of benzene rings is 2. The number of hydrogen-bond donors (Lipinski definition) is 1. The molecule has 1 aromatic heterocycles. The van der Waals surface area contributed by atoms with Gasteiger partial charge in [0.1, 0.15) is 0 Å². The number of carbonyl (C=O) groups excluding carboxylic acids is 2. The van der Waals surface area contributed by atoms with Crippen molar-refractivity contribution in [1.29, 1.82) is 0 Å². The highest BCUT2D eigenvalue weighted by atomic mass is 35.5. The van der Waals surface area contributed by atoms with E-state index in [-0.39, 0.29) is 24.7 Å². The highest BCUT2D eigenvalue weighted by Crippen LogP contribution is 2.18. The molecular weight excluding hydrogens is 344 g/mol. The summed E-state index contributed by atoms with van der Waals surface area (Å²) in [5.41, 5.74) is 2.14. The second-order valence-corrected chi connectivity index (χ2v) is 6.00. The van der Waals surface area contributed by atoms with E-state index in [0.29, 0.717) is 27.4 Å². The lowest BCUT2D eigenvalue weighted by Crippen LogP contribution is -2.19. The van der Waals surface area contributed by atoms with Crippen LogP contribution in [0.15, 0.2) is 51.7 Å². The molecule has 1 N–H and O–H groups in total. The summed E-state index contributed by atoms with van der Waals surface area (Å²) in [6.45, 7) is 1.65. The maximum absolute atomic E-state index is 12.1. The number of amides is 1. The van der Waals surface area contributed by atoms with Crippen molar-refractivity contribution in [3.05, 3.63) is 63.6 Å². The first-order valence-corrected chi connectivity index (χ1v) is 8.01. The summed E-state index contributed by atoms with van der Waals surface area (Å²) in [5.74, 6) is -0.822. The van der Waals surface area contributed by atoms with Crippen molar-refractivity contribution >= 4 is 40.1 Å². The van der Waals surface area contributed by atoms with E-state index in [4.69, 9.17) is 16.0 Å². The number of fused-ring (bicyclic) bond motifs is 1. The molecule has 0 aliphatic carbocycles. The van der Waals surface area contributed by atoms with Gasteiger partial charge in [0, 0.05) is 29.2 Å². The van der Waals surface area contributed by atoms with Gasteiger partial charge in [0.25, 0.3) is 0 Å². The van der Waals surface area contributed by atoms with Crippen LogP contribution < -0.4 is 11.1 Å². The summed E-state index contributed by atoms with van der Waals surface area (Å²) in [4.78, 5) is 35.2. The summed E-state index contributed by atoms with van der Waals surface area (Å²) >= 11 is 5.94. The molecule has 0 saturated heterocycles. The first-order valence-electron chi connectivity index (χ1n) is 7.64. The Balaban J connectivity index is 1.68. The largest absolute Gasteiger partial charge is 0.419 e. The molecular formula is C18H15ClN2O4. The monoisotopic (exact) mass is 358 g/mol. The Morgan fingerprint density at radius 3 is 2.56 bits per heavy atom. The molecule has 0 fully saturated rings. The van der Waals surface area contributed by atoms with E-state index in [1.165, 1.54) is 11.5 Å². The standard InChI is InChI=1S/C18H15ClN2O4/c1-11(22)12-2-5-14(6-3-12)20-17(23)8-9-21-15-10-13(19)4-7-16(15)25-18(21)24/h2-7,10H,8-9H2,1H3,(H,20,23). The Bertz CT molecular complexity index is 1000. The zero-order chi connectivity index (χ0) is 18.0. The topological polar surface area (TPSA) is 81.3 Å². The lowest BCUT2D eigenvalue weighted by Gasteiger charge is -2.06. The van der Waals surface area contributed by atoms with E-state index >= 15 is 0 Å². The van der Waals surface area contributed by atoms with Crippen LogP contribution in [0.1, 0.15) is 23.7 Å². The normalized spacial score (nSPS) is 10.8. The Morgan fingerprint density at radius 1 is 1.16 bits per heavy atom. The van der Waals surface area contributed by atoms with Crippen molar-refractivity contribution < 1.29 is 14.0 Å². The number of hydrogen-bond acceptors (Lipinski definition) is 4. The number of nitrogens with one attached hydrogen (secondary N) is 1. The summed E-state index contributed by atoms with van der Waals surface area (Å²) < 4.78 is 6.50. The average molecular weight is 359 g/mol. The van der Waals surface area contributed by atoms with Gasteiger partial charge in [-0.25, -0.2) is 4.79 Å². The van der Waals surface area contributed by atoms with Gasteiger partial charge in [-0.3, -0.25) is 14.2 Å². The van der Waals surface area contributed by atoms with Crippen molar-refractivity contribution in [2.45, 2.75) is 19.9 Å². The summed E-state index contributed by atoms with van der Waals surface area (Å²) in [6, 6.07) is 11.5. The minimum atomic E-state index is -0.532. The minimum Gasteiger partial charge on any atom is -0.408 e. The second-order valence-electron chi connectivity index (χ2n) is 5.56. The van der Waals surface area contributed by atoms with Gasteiger partial charge in [0.2, 0.25) is 5.91 Å². The average Bonchev–Trinajstić information content (AvgIpc) is 2.88.